The summed E-state index contributed by atoms with van der Waals surface area (Å²) >= 11 is 5.98. The summed E-state index contributed by atoms with van der Waals surface area (Å²) in [5.74, 6) is 0.0225. The third-order valence-corrected chi connectivity index (χ3v) is 5.60. The minimum Gasteiger partial charge on any atom is -0.337 e. The number of hydrogen-bond donors (Lipinski definition) is 1. The molecule has 1 N–H and O–H groups in total. The smallest absolute Gasteiger partial charge is 0.257 e. The van der Waals surface area contributed by atoms with E-state index < -0.39 is 0 Å². The van der Waals surface area contributed by atoms with E-state index in [1.165, 1.54) is 5.56 Å². The van der Waals surface area contributed by atoms with Gasteiger partial charge in [-0.15, -0.1) is 0 Å². The number of amides is 1. The Morgan fingerprint density at radius 1 is 1.21 bits per heavy atom. The van der Waals surface area contributed by atoms with Crippen molar-refractivity contribution in [3.63, 3.8) is 0 Å². The van der Waals surface area contributed by atoms with Gasteiger partial charge in [0, 0.05) is 36.3 Å². The highest BCUT2D eigenvalue weighted by molar-refractivity contribution is 6.30. The zero-order valence-electron chi connectivity index (χ0n) is 15.8. The van der Waals surface area contributed by atoms with Crippen molar-refractivity contribution in [1.82, 2.24) is 20.0 Å². The largest absolute Gasteiger partial charge is 0.337 e. The van der Waals surface area contributed by atoms with Gasteiger partial charge in [0.25, 0.3) is 5.91 Å². The van der Waals surface area contributed by atoms with Gasteiger partial charge in [0.15, 0.2) is 0 Å². The molecule has 28 heavy (non-hydrogen) atoms. The zero-order chi connectivity index (χ0) is 19.5. The molecule has 0 bridgehead atoms. The number of aromatic amines is 1. The molecule has 0 radical (unpaired) electrons. The number of likely N-dealkylation sites (N-methyl/N-ethyl adjacent to an activating group) is 1. The second kappa shape index (κ2) is 8.17. The number of benzene rings is 2. The molecule has 1 saturated heterocycles. The van der Waals surface area contributed by atoms with Crippen LogP contribution in [0, 0.1) is 0 Å². The van der Waals surface area contributed by atoms with Gasteiger partial charge in [0.05, 0.1) is 17.5 Å². The highest BCUT2D eigenvalue weighted by Gasteiger charge is 2.31. The average molecular weight is 395 g/mol. The molecular formula is C22H23ClN4O. The second-order valence-corrected chi connectivity index (χ2v) is 7.70. The Kier molecular flexibility index (Phi) is 5.46. The number of aromatic nitrogens is 2. The number of likely N-dealkylation sites (tertiary alicyclic amines) is 1. The molecular weight excluding hydrogens is 372 g/mol. The van der Waals surface area contributed by atoms with Crippen molar-refractivity contribution < 1.29 is 4.79 Å². The van der Waals surface area contributed by atoms with Gasteiger partial charge in [-0.1, -0.05) is 54.1 Å². The molecule has 1 aliphatic heterocycles. The van der Waals surface area contributed by atoms with Crippen molar-refractivity contribution in [3.8, 4) is 11.3 Å². The number of rotatable bonds is 5. The molecule has 1 aromatic heterocycles. The van der Waals surface area contributed by atoms with Crippen LogP contribution in [0.5, 0.6) is 0 Å². The van der Waals surface area contributed by atoms with Crippen LogP contribution < -0.4 is 0 Å². The van der Waals surface area contributed by atoms with Gasteiger partial charge in [-0.3, -0.25) is 14.8 Å². The molecule has 144 valence electrons. The van der Waals surface area contributed by atoms with Gasteiger partial charge in [-0.2, -0.15) is 5.10 Å². The molecule has 0 aliphatic carbocycles. The lowest BCUT2D eigenvalue weighted by molar-refractivity contribution is 0.0780. The lowest BCUT2D eigenvalue weighted by atomic mass is 10.1. The molecule has 2 aromatic carbocycles. The summed E-state index contributed by atoms with van der Waals surface area (Å²) < 4.78 is 0. The molecule has 5 nitrogen and oxygen atoms in total. The van der Waals surface area contributed by atoms with Crippen molar-refractivity contribution in [2.75, 3.05) is 20.1 Å². The number of nitrogens with one attached hydrogen (secondary N) is 1. The Morgan fingerprint density at radius 2 is 1.96 bits per heavy atom. The topological polar surface area (TPSA) is 52.2 Å². The van der Waals surface area contributed by atoms with Crippen LogP contribution in [0.1, 0.15) is 22.3 Å². The predicted octanol–water partition coefficient (Wildman–Crippen LogP) is 4.08. The normalized spacial score (nSPS) is 16.7. The Bertz CT molecular complexity index is 939. The van der Waals surface area contributed by atoms with E-state index in [2.05, 4.69) is 46.4 Å². The maximum Gasteiger partial charge on any atom is 0.257 e. The van der Waals surface area contributed by atoms with Gasteiger partial charge in [-0.25, -0.2) is 0 Å². The third kappa shape index (κ3) is 3.96. The minimum absolute atomic E-state index is 0.0225. The fraction of sp³-hybridized carbons (Fsp3) is 0.273. The molecule has 0 saturated carbocycles. The van der Waals surface area contributed by atoms with E-state index in [1.807, 2.05) is 35.2 Å². The summed E-state index contributed by atoms with van der Waals surface area (Å²) in [5.41, 5.74) is 3.54. The molecule has 3 aromatic rings. The lowest BCUT2D eigenvalue weighted by Gasteiger charge is -2.24. The lowest BCUT2D eigenvalue weighted by Crippen LogP contribution is -2.36. The van der Waals surface area contributed by atoms with Gasteiger partial charge >= 0.3 is 0 Å². The van der Waals surface area contributed by atoms with Crippen molar-refractivity contribution >= 4 is 17.5 Å². The van der Waals surface area contributed by atoms with Gasteiger partial charge in [-0.05, 0) is 31.2 Å². The van der Waals surface area contributed by atoms with Gasteiger partial charge in [0.2, 0.25) is 0 Å². The van der Waals surface area contributed by atoms with Crippen LogP contribution in [-0.2, 0) is 6.54 Å². The van der Waals surface area contributed by atoms with Crippen molar-refractivity contribution in [1.29, 1.82) is 0 Å². The highest BCUT2D eigenvalue weighted by atomic mass is 35.5. The molecule has 0 spiro atoms. The first-order valence-corrected chi connectivity index (χ1v) is 9.82. The number of halogens is 1. The Labute approximate surface area is 169 Å². The van der Waals surface area contributed by atoms with Crippen LogP contribution >= 0.6 is 11.6 Å². The summed E-state index contributed by atoms with van der Waals surface area (Å²) in [6.45, 7) is 2.37. The van der Waals surface area contributed by atoms with Crippen molar-refractivity contribution in [2.24, 2.45) is 0 Å². The highest BCUT2D eigenvalue weighted by Crippen LogP contribution is 2.26. The third-order valence-electron chi connectivity index (χ3n) is 5.35. The van der Waals surface area contributed by atoms with Crippen molar-refractivity contribution in [2.45, 2.75) is 19.0 Å². The van der Waals surface area contributed by atoms with Crippen LogP contribution in [0.25, 0.3) is 11.3 Å². The first-order chi connectivity index (χ1) is 13.6. The predicted molar refractivity (Wildman–Crippen MR) is 111 cm³/mol. The van der Waals surface area contributed by atoms with E-state index in [4.69, 9.17) is 11.6 Å². The van der Waals surface area contributed by atoms with Gasteiger partial charge < -0.3 is 4.90 Å². The van der Waals surface area contributed by atoms with E-state index >= 15 is 0 Å². The van der Waals surface area contributed by atoms with E-state index in [1.54, 1.807) is 6.20 Å². The summed E-state index contributed by atoms with van der Waals surface area (Å²) in [7, 11) is 2.13. The molecule has 1 atom stereocenters. The zero-order valence-corrected chi connectivity index (χ0v) is 16.6. The summed E-state index contributed by atoms with van der Waals surface area (Å²) in [6, 6.07) is 18.2. The molecule has 1 fully saturated rings. The second-order valence-electron chi connectivity index (χ2n) is 7.26. The van der Waals surface area contributed by atoms with Crippen LogP contribution in [0.3, 0.4) is 0 Å². The molecule has 4 rings (SSSR count). The van der Waals surface area contributed by atoms with Crippen LogP contribution in [0.15, 0.2) is 60.8 Å². The Morgan fingerprint density at radius 3 is 2.71 bits per heavy atom. The van der Waals surface area contributed by atoms with E-state index in [9.17, 15) is 4.79 Å². The summed E-state index contributed by atoms with van der Waals surface area (Å²) in [4.78, 5) is 17.4. The van der Waals surface area contributed by atoms with Crippen LogP contribution in [-0.4, -0.2) is 52.1 Å². The first kappa shape index (κ1) is 18.7. The number of carbonyl (C=O) groups is 1. The Hall–Kier alpha value is -2.63. The minimum atomic E-state index is 0.0225. The summed E-state index contributed by atoms with van der Waals surface area (Å²) in [5, 5.41) is 7.74. The monoisotopic (exact) mass is 394 g/mol. The Balaban J connectivity index is 1.44. The fourth-order valence-electron chi connectivity index (χ4n) is 3.74. The van der Waals surface area contributed by atoms with E-state index in [0.29, 0.717) is 16.6 Å². The number of hydrogen-bond acceptors (Lipinski definition) is 3. The SMILES string of the molecule is CN(Cc1ccccc1)C1CCN(C(=O)c2cn[nH]c2-c2ccc(Cl)cc2)C1. The number of nitrogens with zero attached hydrogens (tertiary/aromatic N) is 3. The quantitative estimate of drug-likeness (QED) is 0.709. The standard InChI is InChI=1S/C22H23ClN4O/c1-26(14-16-5-3-2-4-6-16)19-11-12-27(15-19)22(28)20-13-24-25-21(20)17-7-9-18(23)10-8-17/h2-10,13,19H,11-12,14-15H2,1H3,(H,24,25). The molecule has 1 unspecified atom stereocenters. The van der Waals surface area contributed by atoms with E-state index in [0.717, 1.165) is 37.3 Å². The number of carbonyl (C=O) groups excluding carboxylic acids is 1. The van der Waals surface area contributed by atoms with Crippen LogP contribution in [0.2, 0.25) is 5.02 Å². The van der Waals surface area contributed by atoms with Gasteiger partial charge in [0.1, 0.15) is 0 Å². The molecule has 6 heteroatoms. The first-order valence-electron chi connectivity index (χ1n) is 9.44. The molecule has 1 aliphatic rings. The van der Waals surface area contributed by atoms with E-state index in [-0.39, 0.29) is 5.91 Å². The van der Waals surface area contributed by atoms with Crippen LogP contribution in [0.4, 0.5) is 0 Å². The van der Waals surface area contributed by atoms with Crippen molar-refractivity contribution in [3.05, 3.63) is 76.9 Å². The summed E-state index contributed by atoms with van der Waals surface area (Å²) in [6.07, 6.45) is 2.59. The average Bonchev–Trinajstić information content (AvgIpc) is 3.39. The molecule has 1 amide bonds. The number of H-pyrrole nitrogens is 1. The fourth-order valence-corrected chi connectivity index (χ4v) is 3.87. The molecule has 2 heterocycles. The maximum absolute atomic E-state index is 13.1. The maximum atomic E-state index is 13.1.